The maximum Gasteiger partial charge on any atom is 0.164 e. The van der Waals surface area contributed by atoms with E-state index < -0.39 is 0 Å². The van der Waals surface area contributed by atoms with E-state index in [1.807, 2.05) is 18.2 Å². The molecule has 0 aliphatic heterocycles. The van der Waals surface area contributed by atoms with Crippen LogP contribution < -0.4 is 5.32 Å². The van der Waals surface area contributed by atoms with Crippen LogP contribution in [0.4, 0.5) is 0 Å². The third-order valence-electron chi connectivity index (χ3n) is 3.59. The van der Waals surface area contributed by atoms with Gasteiger partial charge in [-0.3, -0.25) is 9.78 Å². The minimum Gasteiger partial charge on any atom is -0.396 e. The molecule has 0 amide bonds. The molecule has 0 aliphatic carbocycles. The van der Waals surface area contributed by atoms with Crippen molar-refractivity contribution < 1.29 is 9.90 Å². The first-order chi connectivity index (χ1) is 10.8. The van der Waals surface area contributed by atoms with Gasteiger partial charge in [-0.1, -0.05) is 30.3 Å². The predicted molar refractivity (Wildman–Crippen MR) is 86.8 cm³/mol. The molecule has 0 fully saturated rings. The molecule has 22 heavy (non-hydrogen) atoms. The Morgan fingerprint density at radius 2 is 1.86 bits per heavy atom. The Morgan fingerprint density at radius 1 is 1.14 bits per heavy atom. The number of carbonyl (C=O) groups excluding carboxylic acids is 1. The van der Waals surface area contributed by atoms with Crippen LogP contribution in [0.5, 0.6) is 0 Å². The fraction of sp³-hybridized carbons (Fsp3) is 0.333. The second-order valence-corrected chi connectivity index (χ2v) is 5.26. The predicted octanol–water partition coefficient (Wildman–Crippen LogP) is 2.24. The number of carbonyl (C=O) groups is 1. The lowest BCUT2D eigenvalue weighted by atomic mass is 10.0. The second kappa shape index (κ2) is 9.07. The number of hydrogen-bond acceptors (Lipinski definition) is 4. The van der Waals surface area contributed by atoms with Crippen molar-refractivity contribution in [1.29, 1.82) is 0 Å². The second-order valence-electron chi connectivity index (χ2n) is 5.26. The van der Waals surface area contributed by atoms with Crippen molar-refractivity contribution in [3.63, 3.8) is 0 Å². The van der Waals surface area contributed by atoms with Gasteiger partial charge >= 0.3 is 0 Å². The fourth-order valence-corrected chi connectivity index (χ4v) is 2.40. The number of rotatable bonds is 9. The van der Waals surface area contributed by atoms with Crippen molar-refractivity contribution in [3.8, 4) is 0 Å². The largest absolute Gasteiger partial charge is 0.396 e. The van der Waals surface area contributed by atoms with Crippen LogP contribution in [-0.4, -0.2) is 35.1 Å². The number of nitrogens with zero attached hydrogens (tertiary/aromatic N) is 1. The SMILES string of the molecule is O=C(CCNC(CCO)Cc1ccccc1)c1ccncc1. The van der Waals surface area contributed by atoms with Crippen LogP contribution in [0.1, 0.15) is 28.8 Å². The molecule has 1 aromatic carbocycles. The van der Waals surface area contributed by atoms with Gasteiger partial charge in [0.05, 0.1) is 0 Å². The van der Waals surface area contributed by atoms with Gasteiger partial charge in [-0.05, 0) is 30.5 Å². The third kappa shape index (κ3) is 5.39. The molecular weight excluding hydrogens is 276 g/mol. The molecule has 0 bridgehead atoms. The molecule has 0 radical (unpaired) electrons. The maximum absolute atomic E-state index is 12.0. The average molecular weight is 298 g/mol. The zero-order chi connectivity index (χ0) is 15.6. The minimum absolute atomic E-state index is 0.109. The van der Waals surface area contributed by atoms with Crippen LogP contribution in [0.25, 0.3) is 0 Å². The first kappa shape index (κ1) is 16.3. The number of pyridine rings is 1. The number of aliphatic hydroxyl groups excluding tert-OH is 1. The van der Waals surface area contributed by atoms with Crippen LogP contribution in [0.15, 0.2) is 54.9 Å². The van der Waals surface area contributed by atoms with Crippen LogP contribution in [-0.2, 0) is 6.42 Å². The lowest BCUT2D eigenvalue weighted by Crippen LogP contribution is -2.33. The van der Waals surface area contributed by atoms with Crippen LogP contribution >= 0.6 is 0 Å². The number of ketones is 1. The molecule has 0 saturated carbocycles. The highest BCUT2D eigenvalue weighted by atomic mass is 16.3. The van der Waals surface area contributed by atoms with Gasteiger partial charge in [0.25, 0.3) is 0 Å². The molecule has 2 aromatic rings. The number of aromatic nitrogens is 1. The number of hydrogen-bond donors (Lipinski definition) is 2. The molecule has 1 heterocycles. The van der Waals surface area contributed by atoms with Gasteiger partial charge in [-0.2, -0.15) is 0 Å². The molecule has 1 aromatic heterocycles. The summed E-state index contributed by atoms with van der Waals surface area (Å²) in [5, 5.41) is 12.6. The van der Waals surface area contributed by atoms with E-state index in [4.69, 9.17) is 0 Å². The van der Waals surface area contributed by atoms with E-state index in [0.29, 0.717) is 24.9 Å². The summed E-state index contributed by atoms with van der Waals surface area (Å²) in [6, 6.07) is 13.8. The minimum atomic E-state index is 0.109. The van der Waals surface area contributed by atoms with E-state index in [9.17, 15) is 9.90 Å². The highest BCUT2D eigenvalue weighted by Gasteiger charge is 2.10. The van der Waals surface area contributed by atoms with Gasteiger partial charge in [-0.25, -0.2) is 0 Å². The molecule has 1 atom stereocenters. The Hall–Kier alpha value is -2.04. The third-order valence-corrected chi connectivity index (χ3v) is 3.59. The molecule has 2 N–H and O–H groups in total. The van der Waals surface area contributed by atoms with Crippen LogP contribution in [0.2, 0.25) is 0 Å². The molecule has 2 rings (SSSR count). The quantitative estimate of drug-likeness (QED) is 0.697. The van der Waals surface area contributed by atoms with Gasteiger partial charge in [0.2, 0.25) is 0 Å². The van der Waals surface area contributed by atoms with Crippen LogP contribution in [0.3, 0.4) is 0 Å². The first-order valence-electron chi connectivity index (χ1n) is 7.61. The summed E-state index contributed by atoms with van der Waals surface area (Å²) in [7, 11) is 0. The topological polar surface area (TPSA) is 62.2 Å². The summed E-state index contributed by atoms with van der Waals surface area (Å²) in [4.78, 5) is 15.9. The average Bonchev–Trinajstić information content (AvgIpc) is 2.56. The van der Waals surface area contributed by atoms with Crippen LogP contribution in [0, 0.1) is 0 Å². The van der Waals surface area contributed by atoms with E-state index in [1.54, 1.807) is 24.5 Å². The molecule has 0 spiro atoms. The summed E-state index contributed by atoms with van der Waals surface area (Å²) >= 11 is 0. The number of Topliss-reactive ketones (excluding diaryl/α,β-unsaturated/α-hetero) is 1. The van der Waals surface area contributed by atoms with Gasteiger partial charge in [-0.15, -0.1) is 0 Å². The number of nitrogens with one attached hydrogen (secondary N) is 1. The van der Waals surface area contributed by atoms with E-state index in [1.165, 1.54) is 5.56 Å². The van der Waals surface area contributed by atoms with Crippen molar-refractivity contribution in [2.45, 2.75) is 25.3 Å². The zero-order valence-electron chi connectivity index (χ0n) is 12.6. The van der Waals surface area contributed by atoms with Crippen molar-refractivity contribution in [3.05, 3.63) is 66.0 Å². The van der Waals surface area contributed by atoms with Crippen molar-refractivity contribution >= 4 is 5.78 Å². The monoisotopic (exact) mass is 298 g/mol. The Labute approximate surface area is 131 Å². The summed E-state index contributed by atoms with van der Waals surface area (Å²) in [5.41, 5.74) is 1.92. The van der Waals surface area contributed by atoms with E-state index in [2.05, 4.69) is 22.4 Å². The smallest absolute Gasteiger partial charge is 0.164 e. The lowest BCUT2D eigenvalue weighted by Gasteiger charge is -2.17. The van der Waals surface area contributed by atoms with E-state index in [0.717, 1.165) is 6.42 Å². The lowest BCUT2D eigenvalue weighted by molar-refractivity contribution is 0.0981. The zero-order valence-corrected chi connectivity index (χ0v) is 12.6. The Bertz CT molecular complexity index is 558. The molecule has 0 saturated heterocycles. The van der Waals surface area contributed by atoms with Crippen molar-refractivity contribution in [1.82, 2.24) is 10.3 Å². The van der Waals surface area contributed by atoms with Gasteiger partial charge < -0.3 is 10.4 Å². The Balaban J connectivity index is 1.80. The van der Waals surface area contributed by atoms with E-state index >= 15 is 0 Å². The summed E-state index contributed by atoms with van der Waals surface area (Å²) in [5.74, 6) is 0.109. The summed E-state index contributed by atoms with van der Waals surface area (Å²) in [6.07, 6.45) is 5.24. The summed E-state index contributed by atoms with van der Waals surface area (Å²) in [6.45, 7) is 0.751. The van der Waals surface area contributed by atoms with Gasteiger partial charge in [0.1, 0.15) is 0 Å². The standard InChI is InChI=1S/C18H22N2O2/c21-13-9-17(14-15-4-2-1-3-5-15)20-12-8-18(22)16-6-10-19-11-7-16/h1-7,10-11,17,20-21H,8-9,12-14H2. The van der Waals surface area contributed by atoms with Crippen molar-refractivity contribution in [2.24, 2.45) is 0 Å². The maximum atomic E-state index is 12.0. The van der Waals surface area contributed by atoms with Crippen molar-refractivity contribution in [2.75, 3.05) is 13.2 Å². The molecule has 116 valence electrons. The highest BCUT2D eigenvalue weighted by molar-refractivity contribution is 5.95. The van der Waals surface area contributed by atoms with E-state index in [-0.39, 0.29) is 18.4 Å². The van der Waals surface area contributed by atoms with Gasteiger partial charge in [0, 0.05) is 43.6 Å². The normalized spacial score (nSPS) is 12.0. The molecule has 0 aliphatic rings. The Kier molecular flexibility index (Phi) is 6.74. The molecule has 4 heteroatoms. The first-order valence-corrected chi connectivity index (χ1v) is 7.61. The number of aliphatic hydroxyl groups is 1. The number of benzene rings is 1. The highest BCUT2D eigenvalue weighted by Crippen LogP contribution is 2.06. The molecule has 1 unspecified atom stereocenters. The van der Waals surface area contributed by atoms with Gasteiger partial charge in [0.15, 0.2) is 5.78 Å². The Morgan fingerprint density at radius 3 is 2.55 bits per heavy atom. The molecular formula is C18H22N2O2. The molecule has 4 nitrogen and oxygen atoms in total. The summed E-state index contributed by atoms with van der Waals surface area (Å²) < 4.78 is 0. The fourth-order valence-electron chi connectivity index (χ4n) is 2.40.